The highest BCUT2D eigenvalue weighted by Crippen LogP contribution is 2.22. The van der Waals surface area contributed by atoms with E-state index in [1.54, 1.807) is 0 Å². The number of nitrogens with zero attached hydrogens (tertiary/aromatic N) is 1. The van der Waals surface area contributed by atoms with E-state index in [0.717, 1.165) is 0 Å². The zero-order valence-corrected chi connectivity index (χ0v) is 15.3. The van der Waals surface area contributed by atoms with Crippen LogP contribution in [0.25, 0.3) is 0 Å². The Morgan fingerprint density at radius 1 is 1.00 bits per heavy atom. The molecule has 1 amide bonds. The van der Waals surface area contributed by atoms with Gasteiger partial charge < -0.3 is 9.84 Å². The van der Waals surface area contributed by atoms with Crippen molar-refractivity contribution in [3.8, 4) is 0 Å². The van der Waals surface area contributed by atoms with Crippen molar-refractivity contribution in [3.63, 3.8) is 0 Å². The molecule has 140 valence electrons. The van der Waals surface area contributed by atoms with Crippen molar-refractivity contribution in [2.24, 2.45) is 0 Å². The maximum absolute atomic E-state index is 12.9. The first-order valence-electron chi connectivity index (χ1n) is 7.89. The van der Waals surface area contributed by atoms with E-state index in [2.05, 4.69) is 15.2 Å². The van der Waals surface area contributed by atoms with Gasteiger partial charge >= 0.3 is 0 Å². The third kappa shape index (κ3) is 4.14. The van der Waals surface area contributed by atoms with Crippen molar-refractivity contribution >= 4 is 27.3 Å². The lowest BCUT2D eigenvalue weighted by Gasteiger charge is -2.09. The minimum absolute atomic E-state index is 0.0133. The summed E-state index contributed by atoms with van der Waals surface area (Å²) in [7, 11) is -3.86. The normalized spacial score (nSPS) is 11.2. The van der Waals surface area contributed by atoms with E-state index in [4.69, 9.17) is 4.52 Å². The van der Waals surface area contributed by atoms with Crippen LogP contribution in [-0.2, 0) is 10.0 Å². The number of carbonyl (C=O) groups excluding carboxylic acids is 1. The molecule has 1 aromatic heterocycles. The molecule has 9 heteroatoms. The molecular weight excluding hydrogens is 373 g/mol. The smallest absolute Gasteiger partial charge is 0.267 e. The van der Waals surface area contributed by atoms with Gasteiger partial charge in [0.2, 0.25) is 0 Å². The van der Waals surface area contributed by atoms with Gasteiger partial charge in [-0.15, -0.1) is 0 Å². The van der Waals surface area contributed by atoms with E-state index in [1.165, 1.54) is 62.4 Å². The molecule has 7 nitrogen and oxygen atoms in total. The molecule has 0 saturated heterocycles. The molecule has 0 saturated carbocycles. The van der Waals surface area contributed by atoms with Gasteiger partial charge in [0.05, 0.1) is 0 Å². The summed E-state index contributed by atoms with van der Waals surface area (Å²) in [5.74, 6) is -0.611. The number of halogens is 1. The van der Waals surface area contributed by atoms with Crippen LogP contribution in [0.2, 0.25) is 0 Å². The van der Waals surface area contributed by atoms with Crippen LogP contribution in [0.15, 0.2) is 57.9 Å². The maximum Gasteiger partial charge on any atom is 0.267 e. The van der Waals surface area contributed by atoms with Crippen LogP contribution in [0.4, 0.5) is 15.8 Å². The van der Waals surface area contributed by atoms with Crippen LogP contribution in [0.1, 0.15) is 21.8 Å². The topological polar surface area (TPSA) is 101 Å². The lowest BCUT2D eigenvalue weighted by atomic mass is 10.2. The van der Waals surface area contributed by atoms with E-state index in [0.29, 0.717) is 11.3 Å². The quantitative estimate of drug-likeness (QED) is 0.696. The number of rotatable bonds is 5. The highest BCUT2D eigenvalue weighted by Gasteiger charge is 2.24. The number of nitrogens with one attached hydrogen (secondary N) is 2. The highest BCUT2D eigenvalue weighted by atomic mass is 32.2. The third-order valence-corrected chi connectivity index (χ3v) is 5.36. The molecule has 2 aromatic carbocycles. The molecule has 0 atom stereocenters. The largest absolute Gasteiger partial charge is 0.360 e. The van der Waals surface area contributed by atoms with Crippen molar-refractivity contribution in [3.05, 3.63) is 71.4 Å². The molecule has 0 spiro atoms. The molecular formula is C18H16FN3O4S. The van der Waals surface area contributed by atoms with Crippen LogP contribution in [0, 0.1) is 19.7 Å². The molecule has 0 unspecified atom stereocenters. The first kappa shape index (κ1) is 18.6. The Morgan fingerprint density at radius 3 is 2.15 bits per heavy atom. The summed E-state index contributed by atoms with van der Waals surface area (Å²) in [6.45, 7) is 3.05. The van der Waals surface area contributed by atoms with Gasteiger partial charge in [-0.05, 0) is 62.4 Å². The van der Waals surface area contributed by atoms with Crippen LogP contribution in [0.5, 0.6) is 0 Å². The number of anilines is 2. The van der Waals surface area contributed by atoms with Gasteiger partial charge in [0.1, 0.15) is 11.5 Å². The van der Waals surface area contributed by atoms with Gasteiger partial charge in [-0.3, -0.25) is 9.52 Å². The number of hydrogen-bond acceptors (Lipinski definition) is 5. The summed E-state index contributed by atoms with van der Waals surface area (Å²) >= 11 is 0. The van der Waals surface area contributed by atoms with Gasteiger partial charge in [-0.2, -0.15) is 0 Å². The van der Waals surface area contributed by atoms with Crippen LogP contribution < -0.4 is 10.0 Å². The fourth-order valence-corrected chi connectivity index (χ4v) is 3.88. The number of hydrogen-bond donors (Lipinski definition) is 2. The lowest BCUT2D eigenvalue weighted by Crippen LogP contribution is -2.15. The van der Waals surface area contributed by atoms with Gasteiger partial charge in [-0.1, -0.05) is 5.16 Å². The minimum atomic E-state index is -3.86. The summed E-state index contributed by atoms with van der Waals surface area (Å²) in [5, 5.41) is 6.26. The molecule has 0 fully saturated rings. The van der Waals surface area contributed by atoms with E-state index in [9.17, 15) is 17.6 Å². The summed E-state index contributed by atoms with van der Waals surface area (Å²) < 4.78 is 45.2. The molecule has 2 N–H and O–H groups in total. The van der Waals surface area contributed by atoms with Crippen molar-refractivity contribution in [2.75, 3.05) is 10.0 Å². The maximum atomic E-state index is 12.9. The summed E-state index contributed by atoms with van der Waals surface area (Å²) in [5.41, 5.74) is 1.31. The Kier molecular flexibility index (Phi) is 4.95. The van der Waals surface area contributed by atoms with Crippen molar-refractivity contribution < 1.29 is 22.1 Å². The average molecular weight is 389 g/mol. The summed E-state index contributed by atoms with van der Waals surface area (Å²) in [6, 6.07) is 11.3. The van der Waals surface area contributed by atoms with Gasteiger partial charge in [-0.25, -0.2) is 12.8 Å². The first-order valence-corrected chi connectivity index (χ1v) is 9.37. The Hall–Kier alpha value is -3.20. The predicted octanol–water partition coefficient (Wildman–Crippen LogP) is 3.48. The van der Waals surface area contributed by atoms with Crippen molar-refractivity contribution in [1.29, 1.82) is 0 Å². The Bertz CT molecular complexity index is 1060. The number of carbonyl (C=O) groups is 1. The molecule has 27 heavy (non-hydrogen) atoms. The van der Waals surface area contributed by atoms with Crippen LogP contribution in [-0.4, -0.2) is 19.5 Å². The monoisotopic (exact) mass is 389 g/mol. The second kappa shape index (κ2) is 7.20. The molecule has 1 heterocycles. The van der Waals surface area contributed by atoms with Crippen LogP contribution in [0.3, 0.4) is 0 Å². The van der Waals surface area contributed by atoms with E-state index in [-0.39, 0.29) is 22.0 Å². The Balaban J connectivity index is 1.73. The van der Waals surface area contributed by atoms with E-state index >= 15 is 0 Å². The fraction of sp³-hybridized carbons (Fsp3) is 0.111. The fourth-order valence-electron chi connectivity index (χ4n) is 2.49. The predicted molar refractivity (Wildman–Crippen MR) is 97.6 cm³/mol. The standard InChI is InChI=1S/C18H16FN3O4S/c1-11-17(12(2)26-21-11)27(24,25)22-16-7-3-13(4-8-16)18(23)20-15-9-5-14(19)6-10-15/h3-10,22H,1-2H3,(H,20,23). The number of amides is 1. The molecule has 0 aliphatic rings. The van der Waals surface area contributed by atoms with E-state index in [1.807, 2.05) is 0 Å². The molecule has 0 aliphatic heterocycles. The number of aromatic nitrogens is 1. The highest BCUT2D eigenvalue weighted by molar-refractivity contribution is 7.92. The molecule has 0 bridgehead atoms. The Morgan fingerprint density at radius 2 is 1.59 bits per heavy atom. The summed E-state index contributed by atoms with van der Waals surface area (Å²) in [4.78, 5) is 12.2. The average Bonchev–Trinajstić information content (AvgIpc) is 2.96. The number of benzene rings is 2. The van der Waals surface area contributed by atoms with Gasteiger partial charge in [0.25, 0.3) is 15.9 Å². The molecule has 0 aliphatic carbocycles. The lowest BCUT2D eigenvalue weighted by molar-refractivity contribution is 0.102. The van der Waals surface area contributed by atoms with Gasteiger partial charge in [0.15, 0.2) is 10.7 Å². The van der Waals surface area contributed by atoms with E-state index < -0.39 is 21.7 Å². The minimum Gasteiger partial charge on any atom is -0.360 e. The summed E-state index contributed by atoms with van der Waals surface area (Å²) in [6.07, 6.45) is 0. The second-order valence-corrected chi connectivity index (χ2v) is 7.42. The molecule has 3 rings (SSSR count). The Labute approximate surface area is 155 Å². The molecule has 3 aromatic rings. The number of sulfonamides is 1. The zero-order valence-electron chi connectivity index (χ0n) is 14.5. The van der Waals surface area contributed by atoms with Crippen molar-refractivity contribution in [1.82, 2.24) is 5.16 Å². The van der Waals surface area contributed by atoms with Crippen molar-refractivity contribution in [2.45, 2.75) is 18.7 Å². The van der Waals surface area contributed by atoms with Crippen LogP contribution >= 0.6 is 0 Å². The van der Waals surface area contributed by atoms with Gasteiger partial charge in [0, 0.05) is 16.9 Å². The SMILES string of the molecule is Cc1noc(C)c1S(=O)(=O)Nc1ccc(C(=O)Nc2ccc(F)cc2)cc1. The first-order chi connectivity index (χ1) is 12.8. The second-order valence-electron chi connectivity index (χ2n) is 5.80. The third-order valence-electron chi connectivity index (χ3n) is 3.74. The number of aryl methyl sites for hydroxylation is 2. The molecule has 0 radical (unpaired) electrons. The zero-order chi connectivity index (χ0) is 19.6.